The Morgan fingerprint density at radius 3 is 1.33 bits per heavy atom. The lowest BCUT2D eigenvalue weighted by Gasteiger charge is -2.28. The average Bonchev–Trinajstić information content (AvgIpc) is 2.15. The van der Waals surface area contributed by atoms with Gasteiger partial charge in [-0.1, -0.05) is 39.5 Å². The van der Waals surface area contributed by atoms with Gasteiger partial charge >= 0.3 is 0 Å². The highest BCUT2D eigenvalue weighted by atomic mass is 32.6. The first-order valence-electron chi connectivity index (χ1n) is 4.66. The van der Waals surface area contributed by atoms with Crippen LogP contribution < -0.4 is 0 Å². The highest BCUT2D eigenvalue weighted by Gasteiger charge is 2.32. The summed E-state index contributed by atoms with van der Waals surface area (Å²) in [6, 6.07) is 0. The second-order valence-corrected chi connectivity index (χ2v) is 16.3. The van der Waals surface area contributed by atoms with Crippen LogP contribution in [0.15, 0.2) is 0 Å². The minimum Gasteiger partial charge on any atom is -0.318 e. The topological polar surface area (TPSA) is 17.1 Å². The SMILES string of the molecule is CCP(=O)(CC)P(=S)(CC)CC. The molecule has 12 heavy (non-hydrogen) atoms. The Balaban J connectivity index is 4.94. The van der Waals surface area contributed by atoms with E-state index < -0.39 is 12.6 Å². The summed E-state index contributed by atoms with van der Waals surface area (Å²) < 4.78 is 12.4. The Hall–Kier alpha value is 0.880. The van der Waals surface area contributed by atoms with E-state index in [4.69, 9.17) is 11.8 Å². The average molecular weight is 226 g/mol. The van der Waals surface area contributed by atoms with E-state index in [9.17, 15) is 4.57 Å². The third-order valence-electron chi connectivity index (χ3n) is 2.64. The van der Waals surface area contributed by atoms with Crippen molar-refractivity contribution in [2.24, 2.45) is 0 Å². The Kier molecular flexibility index (Phi) is 5.30. The molecule has 0 aromatic heterocycles. The molecule has 0 N–H and O–H groups in total. The zero-order valence-corrected chi connectivity index (χ0v) is 11.1. The highest BCUT2D eigenvalue weighted by molar-refractivity contribution is 8.54. The Labute approximate surface area is 81.6 Å². The van der Waals surface area contributed by atoms with Crippen LogP contribution in [0.4, 0.5) is 0 Å². The van der Waals surface area contributed by atoms with Crippen molar-refractivity contribution in [3.8, 4) is 0 Å². The molecule has 0 fully saturated rings. The lowest BCUT2D eigenvalue weighted by atomic mass is 11.0. The maximum atomic E-state index is 12.4. The van der Waals surface area contributed by atoms with Crippen molar-refractivity contribution < 1.29 is 4.57 Å². The molecule has 0 aliphatic carbocycles. The summed E-state index contributed by atoms with van der Waals surface area (Å²) in [6.45, 7) is 6.27. The molecule has 0 aliphatic heterocycles. The molecule has 0 bridgehead atoms. The molecule has 0 spiro atoms. The largest absolute Gasteiger partial charge is 0.318 e. The predicted octanol–water partition coefficient (Wildman–Crippen LogP) is 3.82. The second kappa shape index (κ2) is 4.94. The Bertz CT molecular complexity index is 185. The third kappa shape index (κ3) is 2.22. The van der Waals surface area contributed by atoms with Crippen LogP contribution in [0.25, 0.3) is 0 Å². The maximum Gasteiger partial charge on any atom is 0.116 e. The van der Waals surface area contributed by atoms with Crippen molar-refractivity contribution in [2.45, 2.75) is 27.7 Å². The number of rotatable bonds is 5. The molecule has 0 aromatic carbocycles. The van der Waals surface area contributed by atoms with Gasteiger partial charge in [0.1, 0.15) is 6.83 Å². The van der Waals surface area contributed by atoms with E-state index in [1.165, 1.54) is 0 Å². The van der Waals surface area contributed by atoms with E-state index in [1.807, 2.05) is 13.8 Å². The highest BCUT2D eigenvalue weighted by Crippen LogP contribution is 2.80. The van der Waals surface area contributed by atoms with Crippen molar-refractivity contribution >= 4 is 24.4 Å². The molecule has 0 aliphatic rings. The summed E-state index contributed by atoms with van der Waals surface area (Å²) in [4.78, 5) is 0. The third-order valence-corrected chi connectivity index (χ3v) is 19.5. The van der Waals surface area contributed by atoms with Gasteiger partial charge in [0.2, 0.25) is 0 Å². The van der Waals surface area contributed by atoms with Gasteiger partial charge in [0, 0.05) is 18.1 Å². The van der Waals surface area contributed by atoms with Crippen LogP contribution in [-0.2, 0) is 16.4 Å². The van der Waals surface area contributed by atoms with Crippen LogP contribution in [0.2, 0.25) is 0 Å². The van der Waals surface area contributed by atoms with Gasteiger partial charge in [-0.15, -0.1) is 0 Å². The summed E-state index contributed by atoms with van der Waals surface area (Å²) in [6.07, 6.45) is 3.56. The summed E-state index contributed by atoms with van der Waals surface area (Å²) in [5.74, 6) is 0. The summed E-state index contributed by atoms with van der Waals surface area (Å²) in [5, 5.41) is 0. The van der Waals surface area contributed by atoms with E-state index in [0.717, 1.165) is 24.6 Å². The molecule has 0 radical (unpaired) electrons. The fourth-order valence-electron chi connectivity index (χ4n) is 1.48. The van der Waals surface area contributed by atoms with Crippen molar-refractivity contribution in [3.05, 3.63) is 0 Å². The molecular formula is C8H20OP2S. The quantitative estimate of drug-likeness (QED) is 0.663. The zero-order chi connectivity index (χ0) is 9.83. The summed E-state index contributed by atoms with van der Waals surface area (Å²) in [7, 11) is 0. The van der Waals surface area contributed by atoms with Crippen LogP contribution in [0.5, 0.6) is 0 Å². The van der Waals surface area contributed by atoms with Crippen LogP contribution in [0.3, 0.4) is 0 Å². The zero-order valence-electron chi connectivity index (χ0n) is 8.54. The Morgan fingerprint density at radius 2 is 1.25 bits per heavy atom. The standard InChI is InChI=1S/C8H20OP2S/c1-5-10(9,6-2)11(12,7-3)8-4/h5-8H2,1-4H3. The van der Waals surface area contributed by atoms with E-state index in [2.05, 4.69) is 13.8 Å². The van der Waals surface area contributed by atoms with Gasteiger partial charge in [-0.3, -0.25) is 0 Å². The monoisotopic (exact) mass is 226 g/mol. The van der Waals surface area contributed by atoms with Crippen molar-refractivity contribution in [1.82, 2.24) is 0 Å². The number of hydrogen-bond acceptors (Lipinski definition) is 2. The van der Waals surface area contributed by atoms with Crippen molar-refractivity contribution in [1.29, 1.82) is 0 Å². The fourth-order valence-corrected chi connectivity index (χ4v) is 12.7. The van der Waals surface area contributed by atoms with Crippen LogP contribution >= 0.6 is 12.6 Å². The van der Waals surface area contributed by atoms with E-state index in [1.54, 1.807) is 0 Å². The first kappa shape index (κ1) is 12.9. The Morgan fingerprint density at radius 1 is 0.917 bits per heavy atom. The fraction of sp³-hybridized carbons (Fsp3) is 1.00. The van der Waals surface area contributed by atoms with Crippen molar-refractivity contribution in [2.75, 3.05) is 24.6 Å². The number of hydrogen-bond donors (Lipinski definition) is 0. The summed E-state index contributed by atoms with van der Waals surface area (Å²) in [5.41, 5.74) is -1.51. The van der Waals surface area contributed by atoms with Gasteiger partial charge < -0.3 is 4.57 Å². The van der Waals surface area contributed by atoms with Gasteiger partial charge in [-0.25, -0.2) is 0 Å². The predicted molar refractivity (Wildman–Crippen MR) is 64.1 cm³/mol. The van der Waals surface area contributed by atoms with Crippen LogP contribution in [0, 0.1) is 0 Å². The van der Waals surface area contributed by atoms with E-state index >= 15 is 0 Å². The maximum absolute atomic E-state index is 12.4. The molecule has 0 saturated heterocycles. The second-order valence-electron chi connectivity index (χ2n) is 2.96. The minimum absolute atomic E-state index is 0.808. The molecular weight excluding hydrogens is 206 g/mol. The molecule has 0 unspecified atom stereocenters. The molecule has 0 heterocycles. The van der Waals surface area contributed by atoms with Crippen molar-refractivity contribution in [3.63, 3.8) is 0 Å². The molecule has 0 amide bonds. The van der Waals surface area contributed by atoms with Crippen LogP contribution in [-0.4, -0.2) is 24.6 Å². The van der Waals surface area contributed by atoms with Gasteiger partial charge in [0.05, 0.1) is 0 Å². The van der Waals surface area contributed by atoms with Gasteiger partial charge in [-0.2, -0.15) is 0 Å². The normalized spacial score (nSPS) is 13.3. The first-order chi connectivity index (χ1) is 5.49. The first-order valence-corrected chi connectivity index (χ1v) is 10.6. The molecule has 0 aromatic rings. The van der Waals surface area contributed by atoms with Gasteiger partial charge in [-0.05, 0) is 12.3 Å². The van der Waals surface area contributed by atoms with Gasteiger partial charge in [0.15, 0.2) is 0 Å². The van der Waals surface area contributed by atoms with E-state index in [-0.39, 0.29) is 0 Å². The minimum atomic E-state index is -1.98. The molecule has 0 rings (SSSR count). The lowest BCUT2D eigenvalue weighted by Crippen LogP contribution is -1.96. The summed E-state index contributed by atoms with van der Waals surface area (Å²) >= 11 is 5.59. The molecule has 1 nitrogen and oxygen atoms in total. The molecule has 4 heteroatoms. The molecule has 0 atom stereocenters. The smallest absolute Gasteiger partial charge is 0.116 e. The molecule has 0 saturated carbocycles. The lowest BCUT2D eigenvalue weighted by molar-refractivity contribution is 0.585. The molecule has 74 valence electrons. The van der Waals surface area contributed by atoms with Gasteiger partial charge in [0.25, 0.3) is 0 Å². The van der Waals surface area contributed by atoms with Crippen LogP contribution in [0.1, 0.15) is 27.7 Å². The van der Waals surface area contributed by atoms with E-state index in [0.29, 0.717) is 0 Å².